The molecule has 1 saturated heterocycles. The normalized spacial score (nSPS) is 14.7. The summed E-state index contributed by atoms with van der Waals surface area (Å²) in [5.74, 6) is -0.531. The van der Waals surface area contributed by atoms with Crippen molar-refractivity contribution in [3.8, 4) is 0 Å². The molecule has 3 rings (SSSR count). The van der Waals surface area contributed by atoms with E-state index in [0.717, 1.165) is 31.4 Å². The smallest absolute Gasteiger partial charge is 0.270 e. The van der Waals surface area contributed by atoms with Gasteiger partial charge in [-0.15, -0.1) is 0 Å². The zero-order valence-corrected chi connectivity index (χ0v) is 16.6. The molecule has 1 aliphatic heterocycles. The van der Waals surface area contributed by atoms with E-state index in [0.29, 0.717) is 18.8 Å². The van der Waals surface area contributed by atoms with E-state index in [2.05, 4.69) is 27.5 Å². The summed E-state index contributed by atoms with van der Waals surface area (Å²) in [6, 6.07) is 17.7. The first-order chi connectivity index (χ1) is 14.1. The monoisotopic (exact) mass is 394 g/mol. The minimum atomic E-state index is -0.407. The van der Waals surface area contributed by atoms with Gasteiger partial charge in [-0.25, -0.2) is 0 Å². The lowest BCUT2D eigenvalue weighted by molar-refractivity contribution is -0.138. The number of hydrogen-bond acceptors (Lipinski definition) is 5. The largest absolute Gasteiger partial charge is 0.386 e. The number of nitrogens with zero attached hydrogens (tertiary/aromatic N) is 3. The van der Waals surface area contributed by atoms with Crippen molar-refractivity contribution in [2.75, 3.05) is 38.1 Å². The van der Waals surface area contributed by atoms with Gasteiger partial charge in [0.1, 0.15) is 6.21 Å². The van der Waals surface area contributed by atoms with E-state index in [1.807, 2.05) is 49.4 Å². The van der Waals surface area contributed by atoms with Gasteiger partial charge in [-0.3, -0.25) is 14.5 Å². The Morgan fingerprint density at radius 3 is 2.41 bits per heavy atom. The highest BCUT2D eigenvalue weighted by Crippen LogP contribution is 2.09. The van der Waals surface area contributed by atoms with E-state index in [1.165, 1.54) is 5.56 Å². The third-order valence-corrected chi connectivity index (χ3v) is 4.73. The van der Waals surface area contributed by atoms with Gasteiger partial charge in [0.2, 0.25) is 0 Å². The van der Waals surface area contributed by atoms with Crippen LogP contribution in [0.1, 0.15) is 11.1 Å². The second kappa shape index (κ2) is 10.4. The maximum atomic E-state index is 12.2. The standard InChI is InChI=1S/C22H26N4O3/c1-18-7-9-20(10-8-18)24-21(27)15-23-29-17-22(28)26-13-11-25(12-14-26)16-19-5-3-2-4-6-19/h2-10,15H,11-14,16-17H2,1H3,(H,24,27)/b23-15+. The van der Waals surface area contributed by atoms with Gasteiger partial charge in [-0.2, -0.15) is 0 Å². The van der Waals surface area contributed by atoms with Gasteiger partial charge in [0.25, 0.3) is 11.8 Å². The summed E-state index contributed by atoms with van der Waals surface area (Å²) in [6.07, 6.45) is 1.03. The highest BCUT2D eigenvalue weighted by atomic mass is 16.6. The zero-order chi connectivity index (χ0) is 20.5. The molecular formula is C22H26N4O3. The van der Waals surface area contributed by atoms with Crippen LogP contribution in [-0.2, 0) is 21.0 Å². The van der Waals surface area contributed by atoms with Crippen LogP contribution < -0.4 is 5.32 Å². The molecule has 0 bridgehead atoms. The van der Waals surface area contributed by atoms with Crippen LogP contribution >= 0.6 is 0 Å². The van der Waals surface area contributed by atoms with Crippen molar-refractivity contribution in [3.63, 3.8) is 0 Å². The number of aryl methyl sites for hydroxylation is 1. The first kappa shape index (κ1) is 20.5. The molecule has 0 unspecified atom stereocenters. The second-order valence-corrected chi connectivity index (χ2v) is 7.01. The van der Waals surface area contributed by atoms with Crippen molar-refractivity contribution < 1.29 is 14.4 Å². The fourth-order valence-electron chi connectivity index (χ4n) is 3.08. The molecule has 2 aromatic rings. The Labute approximate surface area is 170 Å². The number of amides is 2. The van der Waals surface area contributed by atoms with Gasteiger partial charge in [0.15, 0.2) is 6.61 Å². The molecule has 2 aromatic carbocycles. The van der Waals surface area contributed by atoms with E-state index < -0.39 is 5.91 Å². The number of anilines is 1. The molecule has 152 valence electrons. The molecule has 7 nitrogen and oxygen atoms in total. The van der Waals surface area contributed by atoms with E-state index in [4.69, 9.17) is 4.84 Å². The van der Waals surface area contributed by atoms with Crippen LogP contribution in [0.4, 0.5) is 5.69 Å². The van der Waals surface area contributed by atoms with Crippen LogP contribution in [-0.4, -0.2) is 60.6 Å². The number of carbonyl (C=O) groups is 2. The first-order valence-electron chi connectivity index (χ1n) is 9.67. The minimum absolute atomic E-state index is 0.125. The lowest BCUT2D eigenvalue weighted by Gasteiger charge is -2.34. The van der Waals surface area contributed by atoms with Crippen LogP contribution in [0.25, 0.3) is 0 Å². The molecular weight excluding hydrogens is 368 g/mol. The Kier molecular flexibility index (Phi) is 7.35. The highest BCUT2D eigenvalue weighted by molar-refractivity contribution is 6.31. The Hall–Kier alpha value is -3.19. The molecule has 0 aliphatic carbocycles. The van der Waals surface area contributed by atoms with Crippen molar-refractivity contribution in [2.24, 2.45) is 5.16 Å². The molecule has 0 atom stereocenters. The summed E-state index contributed by atoms with van der Waals surface area (Å²) in [4.78, 5) is 33.1. The fourth-order valence-corrected chi connectivity index (χ4v) is 3.08. The number of hydrogen-bond donors (Lipinski definition) is 1. The van der Waals surface area contributed by atoms with Crippen LogP contribution in [0.2, 0.25) is 0 Å². The highest BCUT2D eigenvalue weighted by Gasteiger charge is 2.21. The molecule has 29 heavy (non-hydrogen) atoms. The van der Waals surface area contributed by atoms with Crippen LogP contribution in [0, 0.1) is 6.92 Å². The summed E-state index contributed by atoms with van der Waals surface area (Å²) in [7, 11) is 0. The molecule has 1 aliphatic rings. The maximum Gasteiger partial charge on any atom is 0.270 e. The average molecular weight is 394 g/mol. The molecule has 1 fully saturated rings. The number of oxime groups is 1. The summed E-state index contributed by atoms with van der Waals surface area (Å²) in [5, 5.41) is 6.27. The summed E-state index contributed by atoms with van der Waals surface area (Å²) >= 11 is 0. The third kappa shape index (κ3) is 6.73. The van der Waals surface area contributed by atoms with Crippen LogP contribution in [0.5, 0.6) is 0 Å². The van der Waals surface area contributed by atoms with Crippen molar-refractivity contribution in [1.29, 1.82) is 0 Å². The van der Waals surface area contributed by atoms with E-state index in [-0.39, 0.29) is 12.5 Å². The molecule has 0 aromatic heterocycles. The van der Waals surface area contributed by atoms with Crippen molar-refractivity contribution in [3.05, 3.63) is 65.7 Å². The van der Waals surface area contributed by atoms with Gasteiger partial charge in [-0.1, -0.05) is 53.2 Å². The Bertz CT molecular complexity index is 829. The van der Waals surface area contributed by atoms with Crippen molar-refractivity contribution in [1.82, 2.24) is 9.80 Å². The summed E-state index contributed by atoms with van der Waals surface area (Å²) in [5.41, 5.74) is 3.06. The maximum absolute atomic E-state index is 12.2. The van der Waals surface area contributed by atoms with Crippen molar-refractivity contribution in [2.45, 2.75) is 13.5 Å². The molecule has 0 saturated carbocycles. The zero-order valence-electron chi connectivity index (χ0n) is 16.6. The van der Waals surface area contributed by atoms with Gasteiger partial charge >= 0.3 is 0 Å². The molecule has 0 radical (unpaired) electrons. The minimum Gasteiger partial charge on any atom is -0.386 e. The number of nitrogens with one attached hydrogen (secondary N) is 1. The Balaban J connectivity index is 1.34. The first-order valence-corrected chi connectivity index (χ1v) is 9.67. The van der Waals surface area contributed by atoms with Gasteiger partial charge in [0, 0.05) is 38.4 Å². The van der Waals surface area contributed by atoms with Crippen LogP contribution in [0.3, 0.4) is 0 Å². The third-order valence-electron chi connectivity index (χ3n) is 4.73. The second-order valence-electron chi connectivity index (χ2n) is 7.01. The predicted octanol–water partition coefficient (Wildman–Crippen LogP) is 2.28. The number of piperazine rings is 1. The van der Waals surface area contributed by atoms with Crippen LogP contribution in [0.15, 0.2) is 59.8 Å². The van der Waals surface area contributed by atoms with Gasteiger partial charge in [-0.05, 0) is 24.6 Å². The fraction of sp³-hybridized carbons (Fsp3) is 0.318. The topological polar surface area (TPSA) is 74.2 Å². The lowest BCUT2D eigenvalue weighted by Crippen LogP contribution is -2.49. The molecule has 7 heteroatoms. The molecule has 0 spiro atoms. The van der Waals surface area contributed by atoms with Gasteiger partial charge in [0.05, 0.1) is 0 Å². The predicted molar refractivity (Wildman–Crippen MR) is 113 cm³/mol. The van der Waals surface area contributed by atoms with E-state index in [1.54, 1.807) is 4.90 Å². The number of rotatable bonds is 7. The summed E-state index contributed by atoms with van der Waals surface area (Å²) < 4.78 is 0. The summed E-state index contributed by atoms with van der Waals surface area (Å²) in [6.45, 7) is 5.65. The van der Waals surface area contributed by atoms with E-state index >= 15 is 0 Å². The number of carbonyl (C=O) groups excluding carboxylic acids is 2. The Morgan fingerprint density at radius 2 is 1.72 bits per heavy atom. The molecule has 1 heterocycles. The van der Waals surface area contributed by atoms with Gasteiger partial charge < -0.3 is 15.1 Å². The number of benzene rings is 2. The lowest BCUT2D eigenvalue weighted by atomic mass is 10.2. The SMILES string of the molecule is Cc1ccc(NC(=O)/C=N/OCC(=O)N2CCN(Cc3ccccc3)CC2)cc1. The van der Waals surface area contributed by atoms with Crippen molar-refractivity contribution >= 4 is 23.7 Å². The Morgan fingerprint density at radius 1 is 1.03 bits per heavy atom. The molecule has 1 N–H and O–H groups in total. The average Bonchev–Trinajstić information content (AvgIpc) is 2.74. The molecule has 2 amide bonds. The quantitative estimate of drug-likeness (QED) is 0.578. The van der Waals surface area contributed by atoms with E-state index in [9.17, 15) is 9.59 Å².